The fourth-order valence-corrected chi connectivity index (χ4v) is 15.9. The third kappa shape index (κ3) is 8.68. The van der Waals surface area contributed by atoms with E-state index in [1.54, 1.807) is 0 Å². The SMILES string of the molecule is CC1(C)c2ccccc2-c2ccc(N(c3cc(-c4ccccc4)cc(-c4ccccc4)c3)c3ccc4c(c3)C(C)(C)c3cccc5c3c-4cc3ccc(N(c4cc(-c6ccccc6)cc(-c6ccccc6)c4)c4ccc6c(c4)C(C)(C)c4ccccc4-6)cc35)cc21. The number of hydrogen-bond donors (Lipinski definition) is 0. The molecular formula is C89H68N2. The zero-order valence-corrected chi connectivity index (χ0v) is 52.3. The smallest absolute Gasteiger partial charge is 0.0473 e. The van der Waals surface area contributed by atoms with E-state index >= 15 is 0 Å². The number of nitrogens with zero attached hydrogens (tertiary/aromatic N) is 2. The van der Waals surface area contributed by atoms with Crippen molar-refractivity contribution >= 4 is 55.7 Å². The number of hydrogen-bond acceptors (Lipinski definition) is 2. The van der Waals surface area contributed by atoms with Crippen molar-refractivity contribution < 1.29 is 0 Å². The lowest BCUT2D eigenvalue weighted by Crippen LogP contribution is -2.24. The number of benzene rings is 14. The van der Waals surface area contributed by atoms with Crippen LogP contribution < -0.4 is 9.80 Å². The molecule has 0 aromatic heterocycles. The van der Waals surface area contributed by atoms with Crippen molar-refractivity contribution in [3.05, 3.63) is 337 Å². The van der Waals surface area contributed by atoms with Gasteiger partial charge in [0.25, 0.3) is 0 Å². The number of fused-ring (bicyclic) bond motifs is 10. The summed E-state index contributed by atoms with van der Waals surface area (Å²) in [6.07, 6.45) is 0. The summed E-state index contributed by atoms with van der Waals surface area (Å²) in [6.45, 7) is 14.4. The van der Waals surface area contributed by atoms with E-state index in [1.165, 1.54) is 133 Å². The Morgan fingerprint density at radius 1 is 0.198 bits per heavy atom. The second kappa shape index (κ2) is 20.6. The Hall–Kier alpha value is -10.8. The highest BCUT2D eigenvalue weighted by Gasteiger charge is 2.39. The normalized spacial score (nSPS) is 14.1. The second-order valence-electron chi connectivity index (χ2n) is 26.9. The van der Waals surface area contributed by atoms with Gasteiger partial charge in [0.15, 0.2) is 0 Å². The van der Waals surface area contributed by atoms with Crippen molar-refractivity contribution in [1.29, 1.82) is 0 Å². The van der Waals surface area contributed by atoms with Gasteiger partial charge in [-0.05, 0) is 224 Å². The molecule has 0 fully saturated rings. The van der Waals surface area contributed by atoms with Crippen molar-refractivity contribution in [3.8, 4) is 77.9 Å². The van der Waals surface area contributed by atoms with E-state index < -0.39 is 0 Å². The largest absolute Gasteiger partial charge is 0.310 e. The predicted octanol–water partition coefficient (Wildman–Crippen LogP) is 24.5. The topological polar surface area (TPSA) is 6.48 Å². The molecule has 3 aliphatic carbocycles. The van der Waals surface area contributed by atoms with E-state index in [2.05, 4.69) is 355 Å². The minimum atomic E-state index is -0.371. The van der Waals surface area contributed by atoms with Gasteiger partial charge in [-0.25, -0.2) is 0 Å². The van der Waals surface area contributed by atoms with Gasteiger partial charge in [-0.1, -0.05) is 254 Å². The van der Waals surface area contributed by atoms with Gasteiger partial charge in [0, 0.05) is 50.4 Å². The van der Waals surface area contributed by atoms with Crippen molar-refractivity contribution in [2.24, 2.45) is 0 Å². The molecule has 14 aromatic rings. The van der Waals surface area contributed by atoms with Crippen LogP contribution >= 0.6 is 0 Å². The maximum Gasteiger partial charge on any atom is 0.0473 e. The van der Waals surface area contributed by atoms with Crippen LogP contribution in [0.3, 0.4) is 0 Å². The third-order valence-corrected chi connectivity index (χ3v) is 20.5. The zero-order chi connectivity index (χ0) is 61.3. The highest BCUT2D eigenvalue weighted by Crippen LogP contribution is 2.56. The lowest BCUT2D eigenvalue weighted by atomic mass is 9.68. The molecule has 0 atom stereocenters. The Labute approximate surface area is 534 Å². The van der Waals surface area contributed by atoms with Gasteiger partial charge in [-0.15, -0.1) is 0 Å². The second-order valence-corrected chi connectivity index (χ2v) is 26.9. The summed E-state index contributed by atoms with van der Waals surface area (Å²) in [5.74, 6) is 0. The molecule has 91 heavy (non-hydrogen) atoms. The molecule has 0 heterocycles. The molecule has 3 aliphatic rings. The summed E-state index contributed by atoms with van der Waals surface area (Å²) < 4.78 is 0. The fourth-order valence-electron chi connectivity index (χ4n) is 15.9. The maximum absolute atomic E-state index is 2.53. The van der Waals surface area contributed by atoms with Crippen LogP contribution in [0, 0.1) is 0 Å². The molecule has 0 saturated carbocycles. The average molecular weight is 1170 g/mol. The molecule has 2 heteroatoms. The van der Waals surface area contributed by atoms with Crippen LogP contribution in [0.5, 0.6) is 0 Å². The van der Waals surface area contributed by atoms with Gasteiger partial charge in [-0.3, -0.25) is 0 Å². The minimum Gasteiger partial charge on any atom is -0.310 e. The zero-order valence-electron chi connectivity index (χ0n) is 52.3. The molecule has 0 aliphatic heterocycles. The molecule has 2 nitrogen and oxygen atoms in total. The third-order valence-electron chi connectivity index (χ3n) is 20.5. The average Bonchev–Trinajstić information content (AvgIpc) is 1.34. The van der Waals surface area contributed by atoms with E-state index in [1.807, 2.05) is 0 Å². The fraction of sp³-hybridized carbons (Fsp3) is 0.101. The summed E-state index contributed by atoms with van der Waals surface area (Å²) in [4.78, 5) is 5.04. The highest BCUT2D eigenvalue weighted by molar-refractivity contribution is 6.18. The minimum absolute atomic E-state index is 0.178. The Morgan fingerprint density at radius 3 is 0.945 bits per heavy atom. The van der Waals surface area contributed by atoms with Gasteiger partial charge >= 0.3 is 0 Å². The van der Waals surface area contributed by atoms with E-state index in [4.69, 9.17) is 0 Å². The number of anilines is 6. The summed E-state index contributed by atoms with van der Waals surface area (Å²) >= 11 is 0. The quantitative estimate of drug-likeness (QED) is 0.126. The molecule has 0 radical (unpaired) electrons. The summed E-state index contributed by atoms with van der Waals surface area (Å²) in [5, 5.41) is 5.02. The Balaban J connectivity index is 0.849. The molecule has 17 rings (SSSR count). The first-order valence-corrected chi connectivity index (χ1v) is 32.1. The predicted molar refractivity (Wildman–Crippen MR) is 385 cm³/mol. The highest BCUT2D eigenvalue weighted by atomic mass is 15.1. The van der Waals surface area contributed by atoms with Crippen LogP contribution in [0.4, 0.5) is 34.1 Å². The van der Waals surface area contributed by atoms with Crippen molar-refractivity contribution in [2.75, 3.05) is 9.80 Å². The van der Waals surface area contributed by atoms with Crippen LogP contribution in [0.1, 0.15) is 74.9 Å². The van der Waals surface area contributed by atoms with Crippen LogP contribution in [0.2, 0.25) is 0 Å². The van der Waals surface area contributed by atoms with Gasteiger partial charge in [0.2, 0.25) is 0 Å². The first-order chi connectivity index (χ1) is 44.4. The summed E-state index contributed by atoms with van der Waals surface area (Å²) in [6, 6.07) is 114. The van der Waals surface area contributed by atoms with Crippen molar-refractivity contribution in [3.63, 3.8) is 0 Å². The lowest BCUT2D eigenvalue weighted by molar-refractivity contribution is 0.645. The molecule has 14 aromatic carbocycles. The van der Waals surface area contributed by atoms with Crippen LogP contribution in [0.25, 0.3) is 99.4 Å². The summed E-state index contributed by atoms with van der Waals surface area (Å²) in [7, 11) is 0. The molecule has 434 valence electrons. The van der Waals surface area contributed by atoms with Gasteiger partial charge in [-0.2, -0.15) is 0 Å². The van der Waals surface area contributed by atoms with E-state index in [9.17, 15) is 0 Å². The lowest BCUT2D eigenvalue weighted by Gasteiger charge is -2.37. The van der Waals surface area contributed by atoms with Gasteiger partial charge < -0.3 is 9.80 Å². The molecule has 0 N–H and O–H groups in total. The monoisotopic (exact) mass is 1160 g/mol. The summed E-state index contributed by atoms with van der Waals surface area (Å²) in [5.41, 5.74) is 31.3. The molecule has 0 spiro atoms. The first-order valence-electron chi connectivity index (χ1n) is 32.1. The van der Waals surface area contributed by atoms with E-state index in [0.29, 0.717) is 0 Å². The molecule has 0 unspecified atom stereocenters. The van der Waals surface area contributed by atoms with Gasteiger partial charge in [0.05, 0.1) is 0 Å². The van der Waals surface area contributed by atoms with E-state index in [-0.39, 0.29) is 16.2 Å². The molecule has 0 bridgehead atoms. The van der Waals surface area contributed by atoms with Crippen LogP contribution in [-0.4, -0.2) is 0 Å². The molecular weight excluding hydrogens is 1100 g/mol. The molecule has 0 amide bonds. The Bertz CT molecular complexity index is 5130. The van der Waals surface area contributed by atoms with Crippen molar-refractivity contribution in [2.45, 2.75) is 57.8 Å². The van der Waals surface area contributed by atoms with Gasteiger partial charge in [0.1, 0.15) is 0 Å². The maximum atomic E-state index is 2.53. The van der Waals surface area contributed by atoms with E-state index in [0.717, 1.165) is 34.1 Å². The van der Waals surface area contributed by atoms with Crippen molar-refractivity contribution in [1.82, 2.24) is 0 Å². The standard InChI is InChI=1S/C89H68N2/c1-87(2)80-35-21-19-32-72(80)74-43-40-67(54-83(74)87)90(70-48-62(57-24-11-7-12-25-57)46-63(49-70)58-26-13-8-14-27-58)66-39-38-61-52-79-76-45-42-69(56-85(76)89(5,6)82-37-23-34-77(86(79)82)78(61)53-66)91(68-41-44-75-73-33-20-22-36-81(73)88(3,4)84(75)55-68)71-50-64(59-28-15-9-16-29-59)47-65(51-71)60-30-17-10-18-31-60/h7-56H,1-6H3. The van der Waals surface area contributed by atoms with Crippen LogP contribution in [-0.2, 0) is 16.2 Å². The Kier molecular flexibility index (Phi) is 12.3. The number of rotatable bonds is 10. The van der Waals surface area contributed by atoms with Crippen LogP contribution in [0.15, 0.2) is 303 Å². The Morgan fingerprint density at radius 2 is 0.527 bits per heavy atom. The molecule has 0 saturated heterocycles. The first kappa shape index (κ1) is 54.4.